The fraction of sp³-hybridized carbons (Fsp3) is 0.250. The molecule has 3 rings (SSSR count). The number of aromatic nitrogens is 1. The van der Waals surface area contributed by atoms with E-state index in [-0.39, 0.29) is 0 Å². The molecule has 20 heavy (non-hydrogen) atoms. The number of anilines is 1. The van der Waals surface area contributed by atoms with Gasteiger partial charge in [0.1, 0.15) is 17.4 Å². The summed E-state index contributed by atoms with van der Waals surface area (Å²) >= 11 is 0. The van der Waals surface area contributed by atoms with Gasteiger partial charge in [-0.3, -0.25) is 0 Å². The number of nitrogen functional groups attached to an aromatic ring is 1. The first-order valence-electron chi connectivity index (χ1n) is 6.64. The zero-order valence-corrected chi connectivity index (χ0v) is 11.3. The first kappa shape index (κ1) is 12.5. The van der Waals surface area contributed by atoms with Crippen LogP contribution in [0.15, 0.2) is 24.3 Å². The lowest BCUT2D eigenvalue weighted by atomic mass is 10.1. The van der Waals surface area contributed by atoms with Crippen LogP contribution < -0.4 is 10.5 Å². The summed E-state index contributed by atoms with van der Waals surface area (Å²) in [4.78, 5) is 4.51. The van der Waals surface area contributed by atoms with E-state index in [9.17, 15) is 5.26 Å². The van der Waals surface area contributed by atoms with Gasteiger partial charge >= 0.3 is 0 Å². The molecule has 0 amide bonds. The van der Waals surface area contributed by atoms with Crippen LogP contribution >= 0.6 is 0 Å². The van der Waals surface area contributed by atoms with E-state index < -0.39 is 0 Å². The van der Waals surface area contributed by atoms with Gasteiger partial charge in [0, 0.05) is 11.4 Å². The maximum Gasteiger partial charge on any atom is 0.237 e. The van der Waals surface area contributed by atoms with Gasteiger partial charge in [0.15, 0.2) is 0 Å². The van der Waals surface area contributed by atoms with Gasteiger partial charge in [0.2, 0.25) is 5.88 Å². The molecule has 1 aromatic heterocycles. The Morgan fingerprint density at radius 2 is 2.15 bits per heavy atom. The van der Waals surface area contributed by atoms with Crippen molar-refractivity contribution in [1.29, 1.82) is 5.26 Å². The predicted octanol–water partition coefficient (Wildman–Crippen LogP) is 3.12. The van der Waals surface area contributed by atoms with Crippen molar-refractivity contribution in [2.24, 2.45) is 0 Å². The molecular formula is C16H15N3O. The van der Waals surface area contributed by atoms with Crippen LogP contribution in [0.5, 0.6) is 11.6 Å². The van der Waals surface area contributed by atoms with Crippen molar-refractivity contribution in [1.82, 2.24) is 4.98 Å². The highest BCUT2D eigenvalue weighted by Crippen LogP contribution is 2.31. The number of nitrogens with two attached hydrogens (primary N) is 1. The Labute approximate surface area is 117 Å². The first-order chi connectivity index (χ1) is 9.67. The number of hydrogen-bond acceptors (Lipinski definition) is 4. The minimum absolute atomic E-state index is 0.390. The molecule has 0 aliphatic heterocycles. The lowest BCUT2D eigenvalue weighted by molar-refractivity contribution is 0.456. The van der Waals surface area contributed by atoms with Gasteiger partial charge in [-0.1, -0.05) is 0 Å². The number of nitriles is 1. The molecule has 0 saturated heterocycles. The number of rotatable bonds is 2. The highest BCUT2D eigenvalue weighted by atomic mass is 16.5. The number of hydrogen-bond donors (Lipinski definition) is 1. The van der Waals surface area contributed by atoms with Crippen LogP contribution in [-0.4, -0.2) is 4.98 Å². The Kier molecular flexibility index (Phi) is 3.03. The summed E-state index contributed by atoms with van der Waals surface area (Å²) in [5, 5.41) is 9.25. The fourth-order valence-electron chi connectivity index (χ4n) is 2.50. The molecule has 2 aromatic rings. The molecule has 4 nitrogen and oxygen atoms in total. The molecule has 0 spiro atoms. The summed E-state index contributed by atoms with van der Waals surface area (Å²) in [7, 11) is 0. The third kappa shape index (κ3) is 2.19. The van der Waals surface area contributed by atoms with E-state index in [4.69, 9.17) is 10.5 Å². The number of benzene rings is 1. The molecule has 0 bridgehead atoms. The summed E-state index contributed by atoms with van der Waals surface area (Å²) in [6.07, 6.45) is 3.05. The monoisotopic (exact) mass is 265 g/mol. The molecule has 1 aromatic carbocycles. The van der Waals surface area contributed by atoms with E-state index in [0.29, 0.717) is 22.9 Å². The molecule has 0 atom stereocenters. The van der Waals surface area contributed by atoms with Crippen LogP contribution in [0.2, 0.25) is 0 Å². The normalized spacial score (nSPS) is 12.8. The lowest BCUT2D eigenvalue weighted by Gasteiger charge is -2.11. The molecule has 2 N–H and O–H groups in total. The van der Waals surface area contributed by atoms with Crippen molar-refractivity contribution in [2.45, 2.75) is 26.2 Å². The molecule has 0 radical (unpaired) electrons. The standard InChI is InChI=1S/C16H15N3O/c1-10-7-13(18)5-6-15(10)20-16-12(9-17)8-11-3-2-4-14(11)19-16/h5-8H,2-4,18H2,1H3. The van der Waals surface area contributed by atoms with Gasteiger partial charge < -0.3 is 10.5 Å². The summed E-state index contributed by atoms with van der Waals surface area (Å²) in [5.74, 6) is 1.07. The second-order valence-electron chi connectivity index (χ2n) is 5.04. The zero-order valence-electron chi connectivity index (χ0n) is 11.3. The highest BCUT2D eigenvalue weighted by molar-refractivity contribution is 5.50. The maximum atomic E-state index is 9.25. The van der Waals surface area contributed by atoms with Gasteiger partial charge in [-0.05, 0) is 61.6 Å². The SMILES string of the molecule is Cc1cc(N)ccc1Oc1nc2c(cc1C#N)CCC2. The Morgan fingerprint density at radius 3 is 2.90 bits per heavy atom. The highest BCUT2D eigenvalue weighted by Gasteiger charge is 2.18. The van der Waals surface area contributed by atoms with Crippen molar-refractivity contribution < 1.29 is 4.74 Å². The summed E-state index contributed by atoms with van der Waals surface area (Å²) < 4.78 is 5.82. The van der Waals surface area contributed by atoms with E-state index in [1.165, 1.54) is 5.56 Å². The molecule has 1 heterocycles. The summed E-state index contributed by atoms with van der Waals surface area (Å²) in [5.41, 5.74) is 10.1. The molecule has 1 aliphatic carbocycles. The Morgan fingerprint density at radius 1 is 1.30 bits per heavy atom. The first-order valence-corrected chi connectivity index (χ1v) is 6.64. The summed E-state index contributed by atoms with van der Waals surface area (Å²) in [6, 6.07) is 9.49. The van der Waals surface area contributed by atoms with Gasteiger partial charge in [-0.25, -0.2) is 4.98 Å². The van der Waals surface area contributed by atoms with Gasteiger partial charge in [0.25, 0.3) is 0 Å². The summed E-state index contributed by atoms with van der Waals surface area (Å²) in [6.45, 7) is 1.92. The van der Waals surface area contributed by atoms with Gasteiger partial charge in [-0.2, -0.15) is 5.26 Å². The topological polar surface area (TPSA) is 71.9 Å². The average molecular weight is 265 g/mol. The molecular weight excluding hydrogens is 250 g/mol. The maximum absolute atomic E-state index is 9.25. The number of fused-ring (bicyclic) bond motifs is 1. The Balaban J connectivity index is 2.00. The van der Waals surface area contributed by atoms with E-state index in [1.54, 1.807) is 12.1 Å². The molecule has 0 fully saturated rings. The van der Waals surface area contributed by atoms with Crippen molar-refractivity contribution in [3.63, 3.8) is 0 Å². The van der Waals surface area contributed by atoms with Crippen molar-refractivity contribution in [3.8, 4) is 17.7 Å². The van der Waals surface area contributed by atoms with Crippen LogP contribution in [0.1, 0.15) is 28.8 Å². The number of pyridine rings is 1. The van der Waals surface area contributed by atoms with E-state index in [2.05, 4.69) is 11.1 Å². The number of aryl methyl sites for hydroxylation is 3. The smallest absolute Gasteiger partial charge is 0.237 e. The number of nitrogens with zero attached hydrogens (tertiary/aromatic N) is 2. The lowest BCUT2D eigenvalue weighted by Crippen LogP contribution is -1.98. The van der Waals surface area contributed by atoms with E-state index >= 15 is 0 Å². The quantitative estimate of drug-likeness (QED) is 0.847. The van der Waals surface area contributed by atoms with Crippen LogP contribution in [0.25, 0.3) is 0 Å². The van der Waals surface area contributed by atoms with Crippen LogP contribution in [0, 0.1) is 18.3 Å². The minimum atomic E-state index is 0.390. The fourth-order valence-corrected chi connectivity index (χ4v) is 2.50. The third-order valence-electron chi connectivity index (χ3n) is 3.54. The predicted molar refractivity (Wildman–Crippen MR) is 76.6 cm³/mol. The van der Waals surface area contributed by atoms with Crippen LogP contribution in [0.4, 0.5) is 5.69 Å². The van der Waals surface area contributed by atoms with Crippen LogP contribution in [0.3, 0.4) is 0 Å². The minimum Gasteiger partial charge on any atom is -0.437 e. The Bertz CT molecular complexity index is 716. The van der Waals surface area contributed by atoms with E-state index in [1.807, 2.05) is 19.1 Å². The molecule has 0 unspecified atom stereocenters. The Hall–Kier alpha value is -2.54. The van der Waals surface area contributed by atoms with Crippen LogP contribution in [-0.2, 0) is 12.8 Å². The molecule has 4 heteroatoms. The second kappa shape index (κ2) is 4.86. The molecule has 100 valence electrons. The number of ether oxygens (including phenoxy) is 1. The molecule has 1 aliphatic rings. The zero-order chi connectivity index (χ0) is 14.1. The van der Waals surface area contributed by atoms with E-state index in [0.717, 1.165) is 30.5 Å². The van der Waals surface area contributed by atoms with Crippen molar-refractivity contribution in [2.75, 3.05) is 5.73 Å². The second-order valence-corrected chi connectivity index (χ2v) is 5.04. The third-order valence-corrected chi connectivity index (χ3v) is 3.54. The van der Waals surface area contributed by atoms with Crippen molar-refractivity contribution in [3.05, 3.63) is 46.6 Å². The van der Waals surface area contributed by atoms with Gasteiger partial charge in [-0.15, -0.1) is 0 Å². The van der Waals surface area contributed by atoms with Crippen molar-refractivity contribution >= 4 is 5.69 Å². The van der Waals surface area contributed by atoms with Gasteiger partial charge in [0.05, 0.1) is 0 Å². The average Bonchev–Trinajstić information content (AvgIpc) is 2.88. The largest absolute Gasteiger partial charge is 0.437 e. The molecule has 0 saturated carbocycles.